The fraction of sp³-hybridized carbons (Fsp3) is 0.462. The predicted molar refractivity (Wildman–Crippen MR) is 66.3 cm³/mol. The third-order valence-electron chi connectivity index (χ3n) is 2.62. The van der Waals surface area contributed by atoms with E-state index in [4.69, 9.17) is 16.3 Å². The van der Waals surface area contributed by atoms with Gasteiger partial charge in [0.1, 0.15) is 11.5 Å². The van der Waals surface area contributed by atoms with Crippen LogP contribution in [-0.2, 0) is 10.2 Å². The summed E-state index contributed by atoms with van der Waals surface area (Å²) in [6.07, 6.45) is 0.512. The van der Waals surface area contributed by atoms with Gasteiger partial charge in [0.05, 0.1) is 12.1 Å². The molecule has 1 rings (SSSR count). The zero-order valence-electron chi connectivity index (χ0n) is 10.1. The van der Waals surface area contributed by atoms with Crippen LogP contribution in [0.2, 0.25) is 5.02 Å². The Morgan fingerprint density at radius 2 is 2.06 bits per heavy atom. The Morgan fingerprint density at radius 1 is 1.44 bits per heavy atom. The van der Waals surface area contributed by atoms with Crippen LogP contribution >= 0.6 is 11.6 Å². The van der Waals surface area contributed by atoms with E-state index in [2.05, 4.69) is 0 Å². The molecule has 0 unspecified atom stereocenters. The molecule has 0 atom stereocenters. The van der Waals surface area contributed by atoms with E-state index in [1.165, 1.54) is 0 Å². The minimum atomic E-state index is -0.191. The first-order valence-electron chi connectivity index (χ1n) is 5.20. The lowest BCUT2D eigenvalue weighted by Crippen LogP contribution is -2.20. The number of hydrogen-bond acceptors (Lipinski definition) is 2. The van der Waals surface area contributed by atoms with Crippen LogP contribution in [0.5, 0.6) is 5.75 Å². The molecule has 0 N–H and O–H groups in total. The molecule has 0 aliphatic rings. The van der Waals surface area contributed by atoms with Crippen molar-refractivity contribution in [3.63, 3.8) is 0 Å². The number of ketones is 1. The number of carbonyl (C=O) groups excluding carboxylic acids is 1. The minimum absolute atomic E-state index is 0.180. The molecule has 0 aromatic heterocycles. The van der Waals surface area contributed by atoms with E-state index in [1.807, 2.05) is 26.0 Å². The monoisotopic (exact) mass is 240 g/mol. The van der Waals surface area contributed by atoms with E-state index in [-0.39, 0.29) is 11.2 Å². The van der Waals surface area contributed by atoms with Crippen molar-refractivity contribution < 1.29 is 9.53 Å². The number of methoxy groups -OCH3 is 1. The van der Waals surface area contributed by atoms with Gasteiger partial charge in [-0.3, -0.25) is 4.79 Å². The number of benzene rings is 1. The number of rotatable bonds is 4. The van der Waals surface area contributed by atoms with Gasteiger partial charge in [-0.15, -0.1) is 0 Å². The van der Waals surface area contributed by atoms with Crippen molar-refractivity contribution in [1.82, 2.24) is 0 Å². The molecular weight excluding hydrogens is 224 g/mol. The zero-order chi connectivity index (χ0) is 12.3. The molecule has 1 aromatic carbocycles. The fourth-order valence-corrected chi connectivity index (χ4v) is 2.00. The maximum atomic E-state index is 11.2. The van der Waals surface area contributed by atoms with Crippen molar-refractivity contribution in [2.24, 2.45) is 0 Å². The summed E-state index contributed by atoms with van der Waals surface area (Å²) in [5.74, 6) is 0.828. The quantitative estimate of drug-likeness (QED) is 0.804. The summed E-state index contributed by atoms with van der Waals surface area (Å²) in [7, 11) is 1.59. The third-order valence-corrected chi connectivity index (χ3v) is 2.94. The molecule has 1 aromatic rings. The average molecular weight is 241 g/mol. The molecule has 0 spiro atoms. The van der Waals surface area contributed by atoms with Crippen LogP contribution in [0.3, 0.4) is 0 Å². The molecule has 0 saturated carbocycles. The van der Waals surface area contributed by atoms with Crippen LogP contribution in [0.15, 0.2) is 18.2 Å². The van der Waals surface area contributed by atoms with Gasteiger partial charge < -0.3 is 4.74 Å². The molecule has 0 bridgehead atoms. The molecule has 2 nitrogen and oxygen atoms in total. The third kappa shape index (κ3) is 2.99. The van der Waals surface area contributed by atoms with Gasteiger partial charge in [-0.05, 0) is 30.0 Å². The Hall–Kier alpha value is -1.02. The van der Waals surface area contributed by atoms with Crippen molar-refractivity contribution >= 4 is 17.4 Å². The standard InChI is InChI=1S/C13H17ClO2/c1-9(15)8-13(2,3)10-5-6-11(14)12(7-10)16-4/h5-7H,8H2,1-4H3. The summed E-state index contributed by atoms with van der Waals surface area (Å²) in [6.45, 7) is 5.68. The molecule has 0 aliphatic carbocycles. The average Bonchev–Trinajstić information content (AvgIpc) is 2.16. The van der Waals surface area contributed by atoms with E-state index in [9.17, 15) is 4.79 Å². The Kier molecular flexibility index (Phi) is 3.98. The maximum Gasteiger partial charge on any atom is 0.137 e. The second-order valence-corrected chi connectivity index (χ2v) is 5.02. The van der Waals surface area contributed by atoms with Gasteiger partial charge in [-0.2, -0.15) is 0 Å². The summed E-state index contributed by atoms with van der Waals surface area (Å²) in [6, 6.07) is 5.64. The SMILES string of the molecule is COc1cc(C(C)(C)CC(C)=O)ccc1Cl. The molecule has 3 heteroatoms. The topological polar surface area (TPSA) is 26.3 Å². The first-order chi connectivity index (χ1) is 7.36. The smallest absolute Gasteiger partial charge is 0.137 e. The summed E-state index contributed by atoms with van der Waals surface area (Å²) < 4.78 is 5.17. The molecule has 0 saturated heterocycles. The van der Waals surface area contributed by atoms with Crippen LogP contribution in [0.4, 0.5) is 0 Å². The fourth-order valence-electron chi connectivity index (χ4n) is 1.81. The first kappa shape index (κ1) is 13.0. The Balaban J connectivity index is 3.08. The van der Waals surface area contributed by atoms with E-state index in [1.54, 1.807) is 20.1 Å². The lowest BCUT2D eigenvalue weighted by Gasteiger charge is -2.24. The molecule has 0 radical (unpaired) electrons. The first-order valence-corrected chi connectivity index (χ1v) is 5.58. The van der Waals surface area contributed by atoms with E-state index < -0.39 is 0 Å². The number of hydrogen-bond donors (Lipinski definition) is 0. The molecule has 16 heavy (non-hydrogen) atoms. The Bertz CT molecular complexity index is 397. The maximum absolute atomic E-state index is 11.2. The van der Waals surface area contributed by atoms with Crippen molar-refractivity contribution in [1.29, 1.82) is 0 Å². The van der Waals surface area contributed by atoms with Crippen LogP contribution in [-0.4, -0.2) is 12.9 Å². The van der Waals surface area contributed by atoms with Gasteiger partial charge in [0.2, 0.25) is 0 Å². The predicted octanol–water partition coefficient (Wildman–Crippen LogP) is 3.61. The number of halogens is 1. The molecule has 0 fully saturated rings. The van der Waals surface area contributed by atoms with E-state index in [0.717, 1.165) is 5.56 Å². The Labute approximate surface area is 102 Å². The largest absolute Gasteiger partial charge is 0.495 e. The van der Waals surface area contributed by atoms with Crippen LogP contribution in [0, 0.1) is 0 Å². The highest BCUT2D eigenvalue weighted by Crippen LogP contribution is 2.33. The molecule has 0 heterocycles. The summed E-state index contributed by atoms with van der Waals surface area (Å²) >= 11 is 5.96. The highest BCUT2D eigenvalue weighted by Gasteiger charge is 2.23. The van der Waals surface area contributed by atoms with E-state index in [0.29, 0.717) is 17.2 Å². The van der Waals surface area contributed by atoms with Gasteiger partial charge in [0, 0.05) is 6.42 Å². The second kappa shape index (κ2) is 4.88. The van der Waals surface area contributed by atoms with Gasteiger partial charge >= 0.3 is 0 Å². The van der Waals surface area contributed by atoms with Crippen molar-refractivity contribution in [2.75, 3.05) is 7.11 Å². The number of Topliss-reactive ketones (excluding diaryl/α,β-unsaturated/α-hetero) is 1. The lowest BCUT2D eigenvalue weighted by atomic mass is 9.80. The molecule has 0 aliphatic heterocycles. The summed E-state index contributed by atoms with van der Waals surface area (Å²) in [5.41, 5.74) is 0.868. The van der Waals surface area contributed by atoms with Crippen molar-refractivity contribution in [2.45, 2.75) is 32.6 Å². The number of carbonyl (C=O) groups is 1. The Morgan fingerprint density at radius 3 is 2.56 bits per heavy atom. The van der Waals surface area contributed by atoms with Gasteiger partial charge in [0.25, 0.3) is 0 Å². The lowest BCUT2D eigenvalue weighted by molar-refractivity contribution is -0.118. The minimum Gasteiger partial charge on any atom is -0.495 e. The van der Waals surface area contributed by atoms with E-state index >= 15 is 0 Å². The molecular formula is C13H17ClO2. The van der Waals surface area contributed by atoms with Gasteiger partial charge in [0.15, 0.2) is 0 Å². The molecule has 88 valence electrons. The van der Waals surface area contributed by atoms with Gasteiger partial charge in [-0.25, -0.2) is 0 Å². The molecule has 0 amide bonds. The second-order valence-electron chi connectivity index (χ2n) is 4.61. The highest BCUT2D eigenvalue weighted by molar-refractivity contribution is 6.32. The van der Waals surface area contributed by atoms with Crippen LogP contribution in [0.1, 0.15) is 32.8 Å². The normalized spacial score (nSPS) is 11.3. The van der Waals surface area contributed by atoms with Crippen LogP contribution < -0.4 is 4.74 Å². The van der Waals surface area contributed by atoms with Gasteiger partial charge in [-0.1, -0.05) is 31.5 Å². The van der Waals surface area contributed by atoms with Crippen molar-refractivity contribution in [3.8, 4) is 5.75 Å². The summed E-state index contributed by atoms with van der Waals surface area (Å²) in [4.78, 5) is 11.2. The summed E-state index contributed by atoms with van der Waals surface area (Å²) in [5, 5.41) is 0.588. The highest BCUT2D eigenvalue weighted by atomic mass is 35.5. The van der Waals surface area contributed by atoms with Crippen LogP contribution in [0.25, 0.3) is 0 Å². The number of ether oxygens (including phenoxy) is 1. The zero-order valence-corrected chi connectivity index (χ0v) is 10.9. The van der Waals surface area contributed by atoms with Crippen molar-refractivity contribution in [3.05, 3.63) is 28.8 Å².